The van der Waals surface area contributed by atoms with Gasteiger partial charge in [-0.3, -0.25) is 14.9 Å². The number of anilines is 1. The highest BCUT2D eigenvalue weighted by Gasteiger charge is 2.29. The first-order valence-electron chi connectivity index (χ1n) is 10.4. The van der Waals surface area contributed by atoms with Crippen LogP contribution in [0.5, 0.6) is 0 Å². The van der Waals surface area contributed by atoms with Gasteiger partial charge in [-0.2, -0.15) is 0 Å². The number of carbonyl (C=O) groups is 3. The number of carbonyl (C=O) groups excluding carboxylic acids is 3. The lowest BCUT2D eigenvalue weighted by Crippen LogP contribution is -2.44. The first-order chi connectivity index (χ1) is 13.7. The second kappa shape index (κ2) is 8.84. The van der Waals surface area contributed by atoms with E-state index in [0.29, 0.717) is 25.3 Å². The van der Waals surface area contributed by atoms with Crippen LogP contribution < -0.4 is 10.6 Å². The number of nitrogens with one attached hydrogen (secondary N) is 2. The number of ether oxygens (including phenoxy) is 1. The van der Waals surface area contributed by atoms with Crippen molar-refractivity contribution in [2.75, 3.05) is 25.0 Å². The molecule has 29 heavy (non-hydrogen) atoms. The van der Waals surface area contributed by atoms with E-state index in [1.165, 1.54) is 0 Å². The maximum atomic E-state index is 12.3. The standard InChI is InChI=1S/C22H31N3O4/c1-22(2,3)29-21(28)25-12-4-5-15(14-25)13-23-17-8-6-16(7-9-17)18-10-11-19(26)24-20(18)27/h6-9,15,18,23H,4-5,10-14H2,1-3H3,(H,24,26,27)/t15-,18?/m1/s1. The van der Waals surface area contributed by atoms with E-state index in [0.717, 1.165) is 37.2 Å². The number of benzene rings is 1. The van der Waals surface area contributed by atoms with E-state index in [4.69, 9.17) is 4.74 Å². The molecule has 2 fully saturated rings. The highest BCUT2D eigenvalue weighted by atomic mass is 16.6. The van der Waals surface area contributed by atoms with Crippen LogP contribution >= 0.6 is 0 Å². The minimum Gasteiger partial charge on any atom is -0.444 e. The van der Waals surface area contributed by atoms with Crippen molar-refractivity contribution in [2.24, 2.45) is 5.92 Å². The molecule has 158 valence electrons. The maximum Gasteiger partial charge on any atom is 0.410 e. The van der Waals surface area contributed by atoms with Gasteiger partial charge in [0.1, 0.15) is 5.60 Å². The van der Waals surface area contributed by atoms with Crippen molar-refractivity contribution in [1.82, 2.24) is 10.2 Å². The Labute approximate surface area is 172 Å². The molecule has 1 unspecified atom stereocenters. The zero-order chi connectivity index (χ0) is 21.0. The van der Waals surface area contributed by atoms with Crippen LogP contribution in [0.25, 0.3) is 0 Å². The summed E-state index contributed by atoms with van der Waals surface area (Å²) in [6.45, 7) is 7.85. The molecule has 0 saturated carbocycles. The Morgan fingerprint density at radius 1 is 1.21 bits per heavy atom. The fourth-order valence-electron chi connectivity index (χ4n) is 3.83. The molecule has 2 aliphatic heterocycles. The van der Waals surface area contributed by atoms with Crippen molar-refractivity contribution in [3.8, 4) is 0 Å². The van der Waals surface area contributed by atoms with Gasteiger partial charge < -0.3 is 15.0 Å². The molecule has 2 N–H and O–H groups in total. The molecule has 2 heterocycles. The minimum absolute atomic E-state index is 0.197. The van der Waals surface area contributed by atoms with E-state index < -0.39 is 5.60 Å². The van der Waals surface area contributed by atoms with Gasteiger partial charge in [0, 0.05) is 31.7 Å². The normalized spacial score (nSPS) is 22.8. The van der Waals surface area contributed by atoms with Gasteiger partial charge in [-0.1, -0.05) is 12.1 Å². The molecule has 7 heteroatoms. The van der Waals surface area contributed by atoms with Crippen LogP contribution in [0.15, 0.2) is 24.3 Å². The molecule has 1 aromatic carbocycles. The minimum atomic E-state index is -0.480. The molecule has 0 radical (unpaired) electrons. The first-order valence-corrected chi connectivity index (χ1v) is 10.4. The fourth-order valence-corrected chi connectivity index (χ4v) is 3.83. The van der Waals surface area contributed by atoms with E-state index in [2.05, 4.69) is 10.6 Å². The van der Waals surface area contributed by atoms with Crippen LogP contribution in [-0.2, 0) is 14.3 Å². The van der Waals surface area contributed by atoms with Crippen molar-refractivity contribution >= 4 is 23.6 Å². The van der Waals surface area contributed by atoms with E-state index in [-0.39, 0.29) is 23.8 Å². The SMILES string of the molecule is CC(C)(C)OC(=O)N1CCC[C@H](CNc2ccc(C3CCC(=O)NC3=O)cc2)C1. The van der Waals surface area contributed by atoms with Gasteiger partial charge in [0.05, 0.1) is 5.92 Å². The van der Waals surface area contributed by atoms with Crippen molar-refractivity contribution in [1.29, 1.82) is 0 Å². The summed E-state index contributed by atoms with van der Waals surface area (Å²) < 4.78 is 5.49. The van der Waals surface area contributed by atoms with Gasteiger partial charge in [-0.15, -0.1) is 0 Å². The molecule has 2 atom stereocenters. The quantitative estimate of drug-likeness (QED) is 0.756. The Balaban J connectivity index is 1.50. The van der Waals surface area contributed by atoms with E-state index in [9.17, 15) is 14.4 Å². The zero-order valence-corrected chi connectivity index (χ0v) is 17.5. The average molecular weight is 402 g/mol. The lowest BCUT2D eigenvalue weighted by molar-refractivity contribution is -0.134. The highest BCUT2D eigenvalue weighted by molar-refractivity contribution is 6.00. The summed E-state index contributed by atoms with van der Waals surface area (Å²) in [5, 5.41) is 5.84. The second-order valence-electron chi connectivity index (χ2n) is 8.94. The van der Waals surface area contributed by atoms with Crippen LogP contribution in [0.4, 0.5) is 10.5 Å². The molecule has 0 aromatic heterocycles. The summed E-state index contributed by atoms with van der Waals surface area (Å²) in [5.74, 6) is -0.308. The lowest BCUT2D eigenvalue weighted by Gasteiger charge is -2.34. The zero-order valence-electron chi connectivity index (χ0n) is 17.5. The third kappa shape index (κ3) is 5.95. The molecule has 0 aliphatic carbocycles. The molecular weight excluding hydrogens is 370 g/mol. The van der Waals surface area contributed by atoms with Crippen molar-refractivity contribution < 1.29 is 19.1 Å². The number of likely N-dealkylation sites (tertiary alicyclic amines) is 1. The molecule has 2 saturated heterocycles. The number of imide groups is 1. The van der Waals surface area contributed by atoms with Gasteiger partial charge in [0.2, 0.25) is 11.8 Å². The number of amides is 3. The van der Waals surface area contributed by atoms with Crippen molar-refractivity contribution in [3.05, 3.63) is 29.8 Å². The maximum absolute atomic E-state index is 12.3. The van der Waals surface area contributed by atoms with Gasteiger partial charge in [0.25, 0.3) is 0 Å². The molecule has 0 spiro atoms. The van der Waals surface area contributed by atoms with Crippen LogP contribution in [0, 0.1) is 5.92 Å². The van der Waals surface area contributed by atoms with Crippen LogP contribution in [0.3, 0.4) is 0 Å². The summed E-state index contributed by atoms with van der Waals surface area (Å²) in [4.78, 5) is 37.4. The van der Waals surface area contributed by atoms with Crippen molar-refractivity contribution in [2.45, 2.75) is 58.0 Å². The van der Waals surface area contributed by atoms with E-state index in [1.807, 2.05) is 45.0 Å². The highest BCUT2D eigenvalue weighted by Crippen LogP contribution is 2.26. The van der Waals surface area contributed by atoms with Gasteiger partial charge in [-0.05, 0) is 63.6 Å². The lowest BCUT2D eigenvalue weighted by atomic mass is 9.90. The topological polar surface area (TPSA) is 87.7 Å². The third-order valence-electron chi connectivity index (χ3n) is 5.32. The van der Waals surface area contributed by atoms with E-state index >= 15 is 0 Å². The summed E-state index contributed by atoms with van der Waals surface area (Å²) in [7, 11) is 0. The Bertz CT molecular complexity index is 754. The number of rotatable bonds is 4. The summed E-state index contributed by atoms with van der Waals surface area (Å²) in [6, 6.07) is 7.81. The predicted octanol–water partition coefficient (Wildman–Crippen LogP) is 3.27. The smallest absolute Gasteiger partial charge is 0.410 e. The van der Waals surface area contributed by atoms with Crippen LogP contribution in [-0.4, -0.2) is 48.0 Å². The fraction of sp³-hybridized carbons (Fsp3) is 0.591. The average Bonchev–Trinajstić information content (AvgIpc) is 2.66. The Morgan fingerprint density at radius 2 is 1.93 bits per heavy atom. The summed E-state index contributed by atoms with van der Waals surface area (Å²) in [5.41, 5.74) is 1.43. The first kappa shape index (κ1) is 21.1. The van der Waals surface area contributed by atoms with Crippen molar-refractivity contribution in [3.63, 3.8) is 0 Å². The Morgan fingerprint density at radius 3 is 2.59 bits per heavy atom. The van der Waals surface area contributed by atoms with E-state index in [1.54, 1.807) is 4.90 Å². The summed E-state index contributed by atoms with van der Waals surface area (Å²) in [6.07, 6.45) is 2.74. The number of hydrogen-bond acceptors (Lipinski definition) is 5. The third-order valence-corrected chi connectivity index (χ3v) is 5.32. The largest absolute Gasteiger partial charge is 0.444 e. The predicted molar refractivity (Wildman–Crippen MR) is 111 cm³/mol. The number of hydrogen-bond donors (Lipinski definition) is 2. The molecule has 3 amide bonds. The Kier molecular flexibility index (Phi) is 6.45. The number of nitrogens with zero attached hydrogens (tertiary/aromatic N) is 1. The molecule has 7 nitrogen and oxygen atoms in total. The Hall–Kier alpha value is -2.57. The van der Waals surface area contributed by atoms with Gasteiger partial charge in [-0.25, -0.2) is 4.79 Å². The molecule has 2 aliphatic rings. The second-order valence-corrected chi connectivity index (χ2v) is 8.94. The summed E-state index contributed by atoms with van der Waals surface area (Å²) >= 11 is 0. The van der Waals surface area contributed by atoms with Gasteiger partial charge in [0.15, 0.2) is 0 Å². The monoisotopic (exact) mass is 401 g/mol. The molecular formula is C22H31N3O4. The molecule has 3 rings (SSSR count). The molecule has 1 aromatic rings. The van der Waals surface area contributed by atoms with Gasteiger partial charge >= 0.3 is 6.09 Å². The number of piperidine rings is 2. The van der Waals surface area contributed by atoms with Crippen LogP contribution in [0.1, 0.15) is 57.9 Å². The molecule has 0 bridgehead atoms. The van der Waals surface area contributed by atoms with Crippen LogP contribution in [0.2, 0.25) is 0 Å².